The normalized spacial score (nSPS) is 0. The van der Waals surface area contributed by atoms with Crippen LogP contribution in [0.5, 0.6) is 0 Å². The predicted octanol–water partition coefficient (Wildman–Crippen LogP) is 0.129. The Morgan fingerprint density at radius 2 is 0.400 bits per heavy atom. The lowest BCUT2D eigenvalue weighted by atomic mass is 14.0. The van der Waals surface area contributed by atoms with Crippen LogP contribution in [0.2, 0.25) is 0 Å². The molecule has 0 saturated heterocycles. The lowest BCUT2D eigenvalue weighted by Crippen LogP contribution is -0.481. The molecule has 0 rings (SSSR count). The Morgan fingerprint density at radius 3 is 0.400 bits per heavy atom. The van der Waals surface area contributed by atoms with E-state index in [2.05, 4.69) is 0 Å². The van der Waals surface area contributed by atoms with E-state index >= 15 is 0 Å². The average molecular weight is 94.0 g/mol. The molecule has 0 aliphatic rings. The third kappa shape index (κ3) is 101. The van der Waals surface area contributed by atoms with Gasteiger partial charge in [-0.3, -0.25) is 18.8 Å². The second-order valence-electron chi connectivity index (χ2n) is 0. The van der Waals surface area contributed by atoms with Gasteiger partial charge in [0.25, 0.3) is 0 Å². The number of halogens is 4. The van der Waals surface area contributed by atoms with E-state index in [0.717, 1.165) is 0 Å². The van der Waals surface area contributed by atoms with E-state index in [0.29, 0.717) is 0 Å². The summed E-state index contributed by atoms with van der Waals surface area (Å²) in [7, 11) is 0. The van der Waals surface area contributed by atoms with Gasteiger partial charge in [-0.1, -0.05) is 0 Å². The summed E-state index contributed by atoms with van der Waals surface area (Å²) >= 11 is 0. The van der Waals surface area contributed by atoms with Gasteiger partial charge in [0.2, 0.25) is 0 Å². The lowest BCUT2D eigenvalue weighted by molar-refractivity contribution is 1.11. The zero-order valence-electron chi connectivity index (χ0n) is 2.08. The highest BCUT2D eigenvalue weighted by Gasteiger charge is 0.0000151. The summed E-state index contributed by atoms with van der Waals surface area (Å²) in [6, 6.07) is 0. The molecule has 0 aromatic heterocycles. The largest absolute Gasteiger partial charge is 0.269 e. The summed E-state index contributed by atoms with van der Waals surface area (Å²) in [6.07, 6.45) is 0. The molecule has 0 amide bonds. The van der Waals surface area contributed by atoms with Crippen LogP contribution in [0.4, 0.5) is 18.8 Å². The van der Waals surface area contributed by atoms with E-state index in [1.165, 1.54) is 0 Å². The Labute approximate surface area is 26.4 Å². The summed E-state index contributed by atoms with van der Waals surface area (Å²) in [6.45, 7) is 0. The Kier molecular flexibility index (Phi) is 32000. The van der Waals surface area contributed by atoms with Gasteiger partial charge in [-0.25, -0.2) is 0 Å². The van der Waals surface area contributed by atoms with Crippen LogP contribution in [0.15, 0.2) is 0 Å². The van der Waals surface area contributed by atoms with E-state index in [9.17, 15) is 0 Å². The van der Waals surface area contributed by atoms with Crippen LogP contribution in [0, 0.1) is 0 Å². The fourth-order valence-corrected chi connectivity index (χ4v) is 0. The number of nitrogens with zero attached hydrogens (tertiary/aromatic N) is 1. The Morgan fingerprint density at radius 1 is 0.400 bits per heavy atom. The highest BCUT2D eigenvalue weighted by molar-refractivity contribution is 2.13. The maximum absolute atomic E-state index is 0. The molecule has 0 spiro atoms. The van der Waals surface area contributed by atoms with Crippen LogP contribution in [-0.4, -0.2) is 0 Å². The molecule has 3 radical (unpaired) electrons. The van der Waals surface area contributed by atoms with Crippen molar-refractivity contribution < 1.29 is 18.8 Å². The molecule has 0 fully saturated rings. The van der Waals surface area contributed by atoms with Gasteiger partial charge in [0.1, 0.15) is 0 Å². The quantitative estimate of drug-likeness (QED) is 0.382. The SMILES string of the molecule is F.F.F.F.[N]. The van der Waals surface area contributed by atoms with E-state index < -0.39 is 0 Å². The minimum Gasteiger partial charge on any atom is -0.269 e. The molecule has 0 aromatic rings. The van der Waals surface area contributed by atoms with Gasteiger partial charge < -0.3 is 0 Å². The fraction of sp³-hybridized carbons (Fsp3) is 0. The third-order valence-electron chi connectivity index (χ3n) is 0. The van der Waals surface area contributed by atoms with E-state index in [-0.39, 0.29) is 25.0 Å². The van der Waals surface area contributed by atoms with Crippen LogP contribution in [0.25, 0.3) is 0 Å². The topological polar surface area (TPSA) is 30.5 Å². The van der Waals surface area contributed by atoms with Crippen LogP contribution in [0.3, 0.4) is 0 Å². The molecule has 0 saturated carbocycles. The number of hydrogen-bond acceptors (Lipinski definition) is 0. The Hall–Kier alpha value is -0.320. The molecule has 0 aromatic carbocycles. The van der Waals surface area contributed by atoms with Crippen molar-refractivity contribution in [1.29, 1.82) is 0 Å². The van der Waals surface area contributed by atoms with Gasteiger partial charge in [-0.2, -0.15) is 0 Å². The molecular formula is H4F4N. The summed E-state index contributed by atoms with van der Waals surface area (Å²) in [5.74, 6) is 0. The second kappa shape index (κ2) is 258. The summed E-state index contributed by atoms with van der Waals surface area (Å²) in [5, 5.41) is 0. The van der Waals surface area contributed by atoms with E-state index in [1.807, 2.05) is 0 Å². The minimum absolute atomic E-state index is 0. The standard InChI is InChI=1S/4FH.N/h4*1H;. The van der Waals surface area contributed by atoms with Gasteiger partial charge in [-0.15, -0.1) is 0 Å². The fourth-order valence-electron chi connectivity index (χ4n) is 0. The molecule has 0 heterocycles. The van der Waals surface area contributed by atoms with Crippen LogP contribution in [0.1, 0.15) is 0 Å². The molecule has 37 valence electrons. The maximum Gasteiger partial charge on any atom is 0 e. The molecule has 0 unspecified atom stereocenters. The van der Waals surface area contributed by atoms with Gasteiger partial charge >= 0.3 is 0 Å². The first-order valence-corrected chi connectivity index (χ1v) is 0. The third-order valence-corrected chi connectivity index (χ3v) is 0. The predicted molar refractivity (Wildman–Crippen MR) is 12.1 cm³/mol. The van der Waals surface area contributed by atoms with Gasteiger partial charge in [-0.05, 0) is 0 Å². The average Bonchev–Trinajstić information content (AvgIpc) is 0. The van der Waals surface area contributed by atoms with Crippen molar-refractivity contribution in [2.75, 3.05) is 0 Å². The molecule has 0 aliphatic heterocycles. The summed E-state index contributed by atoms with van der Waals surface area (Å²) < 4.78 is 0. The van der Waals surface area contributed by atoms with Crippen molar-refractivity contribution in [2.45, 2.75) is 0 Å². The molecule has 0 N–H and O–H groups in total. The van der Waals surface area contributed by atoms with Gasteiger partial charge in [0, 0.05) is 6.15 Å². The molecule has 5 heavy (non-hydrogen) atoms. The zero-order chi connectivity index (χ0) is 0. The highest BCUT2D eigenvalue weighted by atomic mass is 19.0. The van der Waals surface area contributed by atoms with Crippen molar-refractivity contribution >= 4 is 0 Å². The molecule has 0 bridgehead atoms. The molecule has 5 heteroatoms. The molecular weight excluding hydrogens is 90.0 g/mol. The lowest BCUT2D eigenvalue weighted by Gasteiger charge is -0.270. The second-order valence-corrected chi connectivity index (χ2v) is 0. The first-order chi connectivity index (χ1) is 0. The van der Waals surface area contributed by atoms with E-state index in [4.69, 9.17) is 0 Å². The van der Waals surface area contributed by atoms with Gasteiger partial charge in [0.15, 0.2) is 0 Å². The van der Waals surface area contributed by atoms with Crippen molar-refractivity contribution in [3.63, 3.8) is 0 Å². The van der Waals surface area contributed by atoms with Crippen molar-refractivity contribution in [3.05, 3.63) is 0 Å². The molecule has 0 atom stereocenters. The minimum atomic E-state index is 0. The zero-order valence-corrected chi connectivity index (χ0v) is 2.08. The van der Waals surface area contributed by atoms with Crippen LogP contribution >= 0.6 is 0 Å². The monoisotopic (exact) mass is 94.0 g/mol. The van der Waals surface area contributed by atoms with Crippen molar-refractivity contribution in [1.82, 2.24) is 6.15 Å². The van der Waals surface area contributed by atoms with Gasteiger partial charge in [0.05, 0.1) is 0 Å². The van der Waals surface area contributed by atoms with Crippen molar-refractivity contribution in [3.8, 4) is 0 Å². The molecule has 0 aliphatic carbocycles. The summed E-state index contributed by atoms with van der Waals surface area (Å²) in [4.78, 5) is 0. The summed E-state index contributed by atoms with van der Waals surface area (Å²) in [5.41, 5.74) is 0. The van der Waals surface area contributed by atoms with E-state index in [1.54, 1.807) is 0 Å². The molecule has 1 nitrogen and oxygen atoms in total. The van der Waals surface area contributed by atoms with Crippen LogP contribution < -0.4 is 6.15 Å². The Balaban J connectivity index is 0. The first-order valence-electron chi connectivity index (χ1n) is 0. The van der Waals surface area contributed by atoms with Crippen LogP contribution in [-0.2, 0) is 0 Å². The van der Waals surface area contributed by atoms with Crippen molar-refractivity contribution in [2.24, 2.45) is 0 Å². The Bertz CT molecular complexity index is 3.61. The maximum atomic E-state index is 0. The number of rotatable bonds is 0. The highest BCUT2D eigenvalue weighted by Crippen LogP contribution is 0.423. The first kappa shape index (κ1) is 619. The number of hydrogen-bond donors (Lipinski definition) is 0. The smallest absolute Gasteiger partial charge is 0 e.